The molecule has 0 aromatic carbocycles. The third kappa shape index (κ3) is 2.30. The van der Waals surface area contributed by atoms with Gasteiger partial charge in [-0.2, -0.15) is 0 Å². The number of carbonyl (C=O) groups is 2. The van der Waals surface area contributed by atoms with E-state index in [1.165, 1.54) is 11.1 Å². The molecule has 1 heterocycles. The zero-order chi connectivity index (χ0) is 21.3. The number of ketones is 2. The van der Waals surface area contributed by atoms with Crippen LogP contribution in [0.25, 0.3) is 0 Å². The van der Waals surface area contributed by atoms with E-state index >= 15 is 0 Å². The molecule has 0 radical (unpaired) electrons. The number of hydrogen-bond acceptors (Lipinski definition) is 4. The monoisotopic (exact) mass is 406 g/mol. The van der Waals surface area contributed by atoms with Crippen molar-refractivity contribution < 1.29 is 14.7 Å². The van der Waals surface area contributed by atoms with Crippen molar-refractivity contribution in [3.8, 4) is 0 Å². The number of carbonyl (C=O) groups excluding carboxylic acids is 2. The summed E-state index contributed by atoms with van der Waals surface area (Å²) < 4.78 is 0. The van der Waals surface area contributed by atoms with Gasteiger partial charge < -0.3 is 10.1 Å². The van der Waals surface area contributed by atoms with Gasteiger partial charge in [-0.3, -0.25) is 9.59 Å². The van der Waals surface area contributed by atoms with E-state index in [1.807, 2.05) is 12.3 Å². The largest absolute Gasteiger partial charge is 0.389 e. The lowest BCUT2D eigenvalue weighted by Gasteiger charge is -2.54. The Labute approximate surface area is 177 Å². The van der Waals surface area contributed by atoms with Crippen LogP contribution < -0.4 is 0 Å². The van der Waals surface area contributed by atoms with Crippen molar-refractivity contribution in [2.24, 2.45) is 28.1 Å². The lowest BCUT2D eigenvalue weighted by Crippen LogP contribution is -2.50. The van der Waals surface area contributed by atoms with Crippen molar-refractivity contribution in [3.05, 3.63) is 53.7 Å². The van der Waals surface area contributed by atoms with Gasteiger partial charge in [-0.1, -0.05) is 37.1 Å². The van der Waals surface area contributed by atoms with Crippen LogP contribution >= 0.6 is 0 Å². The molecule has 1 aromatic rings. The van der Waals surface area contributed by atoms with Gasteiger partial charge in [0.15, 0.2) is 11.6 Å². The molecule has 4 aliphatic rings. The minimum atomic E-state index is -0.656. The third-order valence-corrected chi connectivity index (χ3v) is 9.33. The fraction of sp³-hybridized carbons (Fsp3) is 0.560. The van der Waals surface area contributed by atoms with Crippen LogP contribution in [-0.2, 0) is 9.59 Å². The summed E-state index contributed by atoms with van der Waals surface area (Å²) >= 11 is 0. The van der Waals surface area contributed by atoms with E-state index in [0.29, 0.717) is 11.8 Å². The maximum Gasteiger partial charge on any atom is 0.178 e. The number of nitrogens with one attached hydrogen (secondary N) is 1. The first kappa shape index (κ1) is 19.7. The molecule has 2 N–H and O–H groups in total. The molecular formula is C25H30N2O3. The van der Waals surface area contributed by atoms with Crippen molar-refractivity contribution >= 4 is 11.6 Å². The molecule has 0 amide bonds. The van der Waals surface area contributed by atoms with E-state index in [2.05, 4.69) is 42.9 Å². The Morgan fingerprint density at radius 1 is 1.33 bits per heavy atom. The number of aliphatic hydroxyl groups is 1. The molecule has 5 heteroatoms. The SMILES string of the molecule is C[C@]12C=CC(=O)C=C1CCC1C2=CC[C@@]2(C)C1C[C@H](c1cnc[nH]1)[C@]2(C)C(=O)CO. The summed E-state index contributed by atoms with van der Waals surface area (Å²) in [7, 11) is 0. The van der Waals surface area contributed by atoms with Gasteiger partial charge >= 0.3 is 0 Å². The van der Waals surface area contributed by atoms with Gasteiger partial charge in [-0.05, 0) is 62.0 Å². The predicted molar refractivity (Wildman–Crippen MR) is 114 cm³/mol. The summed E-state index contributed by atoms with van der Waals surface area (Å²) in [6.45, 7) is 6.12. The quantitative estimate of drug-likeness (QED) is 0.746. The van der Waals surface area contributed by atoms with Crippen molar-refractivity contribution in [1.82, 2.24) is 9.97 Å². The van der Waals surface area contributed by atoms with E-state index in [-0.39, 0.29) is 28.3 Å². The van der Waals surface area contributed by atoms with E-state index in [4.69, 9.17) is 0 Å². The van der Waals surface area contributed by atoms with Crippen molar-refractivity contribution in [1.29, 1.82) is 0 Å². The summed E-state index contributed by atoms with van der Waals surface area (Å²) in [4.78, 5) is 32.7. The zero-order valence-electron chi connectivity index (χ0n) is 17.9. The number of aliphatic hydroxyl groups excluding tert-OH is 1. The van der Waals surface area contributed by atoms with Crippen LogP contribution in [0.5, 0.6) is 0 Å². The topological polar surface area (TPSA) is 83.0 Å². The first-order valence-corrected chi connectivity index (χ1v) is 11.0. The number of rotatable bonds is 3. The Bertz CT molecular complexity index is 1000. The lowest BCUT2D eigenvalue weighted by atomic mass is 9.49. The van der Waals surface area contributed by atoms with Crippen molar-refractivity contribution in [2.45, 2.75) is 52.4 Å². The summed E-state index contributed by atoms with van der Waals surface area (Å²) in [5.41, 5.74) is 2.54. The van der Waals surface area contributed by atoms with Gasteiger partial charge in [0.25, 0.3) is 0 Å². The fourth-order valence-electron chi connectivity index (χ4n) is 7.37. The van der Waals surface area contributed by atoms with Gasteiger partial charge in [0.05, 0.1) is 6.33 Å². The number of nitrogens with zero attached hydrogens (tertiary/aromatic N) is 1. The number of Topliss-reactive ketones (excluding diaryl/α,β-unsaturated/α-hetero) is 1. The highest BCUT2D eigenvalue weighted by Crippen LogP contribution is 2.71. The number of hydrogen-bond donors (Lipinski definition) is 2. The Balaban J connectivity index is 1.62. The van der Waals surface area contributed by atoms with Crippen LogP contribution in [0.2, 0.25) is 0 Å². The standard InChI is InChI=1S/C25H30N2O3/c1-23-8-6-16(29)10-15(23)4-5-17-18(23)7-9-24(2)19(17)11-20(21-12-26-14-27-21)25(24,3)22(30)13-28/h6-8,10,12,14,17,19-20,28H,4-5,9,11,13H2,1-3H3,(H,26,27)/t17?,19?,20-,23+,24+,25-/m1/s1. The zero-order valence-corrected chi connectivity index (χ0v) is 17.9. The number of aromatic amines is 1. The summed E-state index contributed by atoms with van der Waals surface area (Å²) in [6.07, 6.45) is 15.1. The summed E-state index contributed by atoms with van der Waals surface area (Å²) in [6, 6.07) is 0. The number of fused-ring (bicyclic) bond motifs is 5. The Hall–Kier alpha value is -2.27. The average Bonchev–Trinajstić information content (AvgIpc) is 3.33. The van der Waals surface area contributed by atoms with Crippen LogP contribution in [0.1, 0.15) is 58.1 Å². The van der Waals surface area contributed by atoms with Gasteiger partial charge in [-0.25, -0.2) is 4.98 Å². The highest BCUT2D eigenvalue weighted by Gasteiger charge is 2.66. The molecule has 5 nitrogen and oxygen atoms in total. The molecule has 2 fully saturated rings. The van der Waals surface area contributed by atoms with E-state index in [9.17, 15) is 14.7 Å². The molecule has 2 saturated carbocycles. The van der Waals surface area contributed by atoms with Crippen molar-refractivity contribution in [2.75, 3.05) is 6.61 Å². The molecule has 0 saturated heterocycles. The number of H-pyrrole nitrogens is 1. The second-order valence-corrected chi connectivity index (χ2v) is 10.2. The highest BCUT2D eigenvalue weighted by atomic mass is 16.3. The predicted octanol–water partition coefficient (Wildman–Crippen LogP) is 3.90. The fourth-order valence-corrected chi connectivity index (χ4v) is 7.37. The second kappa shape index (κ2) is 6.36. The van der Waals surface area contributed by atoms with Gasteiger partial charge in [0.2, 0.25) is 0 Å². The summed E-state index contributed by atoms with van der Waals surface area (Å²) in [5.74, 6) is 0.743. The van der Waals surface area contributed by atoms with Crippen LogP contribution in [0.15, 0.2) is 48.0 Å². The smallest absolute Gasteiger partial charge is 0.178 e. The van der Waals surface area contributed by atoms with Gasteiger partial charge in [0.1, 0.15) is 6.61 Å². The molecule has 0 aliphatic heterocycles. The van der Waals surface area contributed by atoms with Crippen LogP contribution in [0.4, 0.5) is 0 Å². The molecular weight excluding hydrogens is 376 g/mol. The maximum atomic E-state index is 13.2. The molecule has 158 valence electrons. The third-order valence-electron chi connectivity index (χ3n) is 9.33. The lowest BCUT2D eigenvalue weighted by molar-refractivity contribution is -0.139. The number of aromatic nitrogens is 2. The highest BCUT2D eigenvalue weighted by molar-refractivity contribution is 6.01. The number of imidazole rings is 1. The maximum absolute atomic E-state index is 13.2. The molecule has 6 atom stereocenters. The Morgan fingerprint density at radius 2 is 2.13 bits per heavy atom. The minimum absolute atomic E-state index is 0.00983. The van der Waals surface area contributed by atoms with Crippen LogP contribution in [-0.4, -0.2) is 33.2 Å². The molecule has 5 rings (SSSR count). The summed E-state index contributed by atoms with van der Waals surface area (Å²) in [5, 5.41) is 9.89. The molecule has 0 spiro atoms. The van der Waals surface area contributed by atoms with Crippen molar-refractivity contribution in [3.63, 3.8) is 0 Å². The van der Waals surface area contributed by atoms with Crippen LogP contribution in [0.3, 0.4) is 0 Å². The molecule has 30 heavy (non-hydrogen) atoms. The Kier molecular flexibility index (Phi) is 4.17. The first-order valence-electron chi connectivity index (χ1n) is 11.0. The van der Waals surface area contributed by atoms with E-state index in [0.717, 1.165) is 31.4 Å². The minimum Gasteiger partial charge on any atom is -0.389 e. The molecule has 1 aromatic heterocycles. The van der Waals surface area contributed by atoms with Crippen LogP contribution in [0, 0.1) is 28.1 Å². The molecule has 4 aliphatic carbocycles. The first-order chi connectivity index (χ1) is 14.3. The molecule has 2 unspecified atom stereocenters. The van der Waals surface area contributed by atoms with Gasteiger partial charge in [-0.15, -0.1) is 0 Å². The second-order valence-electron chi connectivity index (χ2n) is 10.2. The normalized spacial score (nSPS) is 42.1. The molecule has 0 bridgehead atoms. The Morgan fingerprint density at radius 3 is 2.83 bits per heavy atom. The van der Waals surface area contributed by atoms with Gasteiger partial charge in [0, 0.05) is 28.6 Å². The number of allylic oxidation sites excluding steroid dienone is 6. The van der Waals surface area contributed by atoms with E-state index in [1.54, 1.807) is 12.4 Å². The average molecular weight is 407 g/mol. The van der Waals surface area contributed by atoms with E-state index < -0.39 is 12.0 Å².